The average Bonchev–Trinajstić information content (AvgIpc) is 0.904. The Morgan fingerprint density at radius 3 is 0.979 bits per heavy atom. The van der Waals surface area contributed by atoms with Crippen LogP contribution in [0.2, 0.25) is 5.02 Å². The predicted molar refractivity (Wildman–Crippen MR) is 374 cm³/mol. The van der Waals surface area contributed by atoms with Crippen LogP contribution in [0.1, 0.15) is 252 Å². The lowest BCUT2D eigenvalue weighted by Gasteiger charge is -2.13. The summed E-state index contributed by atoms with van der Waals surface area (Å²) in [6.07, 6.45) is -5.16. The molecule has 1 aromatic heterocycles. The molecule has 0 bridgehead atoms. The van der Waals surface area contributed by atoms with Crippen molar-refractivity contribution in [2.24, 2.45) is 0 Å². The third-order valence-corrected chi connectivity index (χ3v) is 15.3. The zero-order valence-corrected chi connectivity index (χ0v) is 60.0. The van der Waals surface area contributed by atoms with Gasteiger partial charge >= 0.3 is 18.3 Å². The van der Waals surface area contributed by atoms with Gasteiger partial charge in [0.2, 0.25) is 12.4 Å². The molecule has 0 aliphatic rings. The molecule has 1 heterocycles. The summed E-state index contributed by atoms with van der Waals surface area (Å²) >= 11 is 5.82. The molecule has 0 unspecified atom stereocenters. The van der Waals surface area contributed by atoms with Gasteiger partial charge in [0.05, 0.1) is 23.8 Å². The van der Waals surface area contributed by atoms with Crippen LogP contribution in [-0.4, -0.2) is 23.4 Å². The number of benzene rings is 7. The van der Waals surface area contributed by atoms with Gasteiger partial charge in [-0.25, -0.2) is 13.6 Å². The third kappa shape index (κ3) is 31.2. The van der Waals surface area contributed by atoms with Crippen LogP contribution in [0.25, 0.3) is 0 Å². The molecule has 0 fully saturated rings. The molecule has 0 aliphatic heterocycles. The van der Waals surface area contributed by atoms with Gasteiger partial charge in [-0.05, 0) is 240 Å². The smallest absolute Gasteiger partial charge is 0.416 e. The molecule has 7 aromatic carbocycles. The number of pyridine rings is 1. The minimum Gasteiger partial charge on any atom is -0.497 e. The number of aromatic nitrogens is 1. The molecule has 0 saturated carbocycles. The van der Waals surface area contributed by atoms with E-state index in [2.05, 4.69) is 108 Å². The van der Waals surface area contributed by atoms with Crippen LogP contribution >= 0.6 is 11.6 Å². The van der Waals surface area contributed by atoms with E-state index in [1.54, 1.807) is 69.7 Å². The van der Waals surface area contributed by atoms with Crippen molar-refractivity contribution < 1.29 is 59.7 Å². The Labute approximate surface area is 562 Å². The van der Waals surface area contributed by atoms with Gasteiger partial charge in [-0.3, -0.25) is 5.21 Å². The first-order chi connectivity index (χ1) is 43.5. The number of carboxylic acid groups (broad SMARTS) is 1. The maximum atomic E-state index is 12.6. The lowest BCUT2D eigenvalue weighted by Crippen LogP contribution is -2.28. The molecule has 0 radical (unpaired) electrons. The second-order valence-electron chi connectivity index (χ2n) is 25.6. The van der Waals surface area contributed by atoms with Crippen molar-refractivity contribution in [1.82, 2.24) is 0 Å². The van der Waals surface area contributed by atoms with E-state index < -0.39 is 29.4 Å². The maximum absolute atomic E-state index is 12.6. The Morgan fingerprint density at radius 2 is 0.723 bits per heavy atom. The Balaban J connectivity index is 0.000000538. The van der Waals surface area contributed by atoms with Crippen LogP contribution in [0.3, 0.4) is 0 Å². The summed E-state index contributed by atoms with van der Waals surface area (Å²) in [6.45, 7) is 42.8. The van der Waals surface area contributed by atoms with Crippen molar-refractivity contribution in [1.29, 1.82) is 0 Å². The largest absolute Gasteiger partial charge is 0.497 e. The number of alkyl halides is 6. The van der Waals surface area contributed by atoms with E-state index in [1.807, 2.05) is 102 Å². The van der Waals surface area contributed by atoms with E-state index >= 15 is 0 Å². The zero-order chi connectivity index (χ0) is 72.1. The SMILES string of the molecule is CC(C)c1ccc(C(=O)O)cc1.CC(C)c1ccc[n+](O)c1.COc1ccc(C(C)C)cc1.Cc1cc(C(F)(F)F)ccc1C(C)C.Cc1cc(C(F)(F)F)ccc1C(C)C.Cc1cc(Cl)ccc1C(C)C.Cc1cc(F)ccc1C(C)C.Cc1cc(F)ccc1C(C)C. The molecule has 514 valence electrons. The van der Waals surface area contributed by atoms with Crippen LogP contribution in [0.5, 0.6) is 5.75 Å². The Kier molecular flexibility index (Phi) is 36.6. The molecule has 14 heteroatoms. The molecule has 0 amide bonds. The highest BCUT2D eigenvalue weighted by Crippen LogP contribution is 2.34. The summed E-state index contributed by atoms with van der Waals surface area (Å²) in [6, 6.07) is 42.8. The lowest BCUT2D eigenvalue weighted by atomic mass is 9.96. The van der Waals surface area contributed by atoms with Crippen LogP contribution in [0, 0.1) is 46.3 Å². The van der Waals surface area contributed by atoms with Crippen molar-refractivity contribution >= 4 is 17.6 Å². The number of aromatic carboxylic acids is 1. The minimum absolute atomic E-state index is 0.146. The molecule has 0 saturated heterocycles. The first-order valence-corrected chi connectivity index (χ1v) is 32.2. The van der Waals surface area contributed by atoms with Crippen molar-refractivity contribution in [3.05, 3.63) is 270 Å². The summed E-state index contributed by atoms with van der Waals surface area (Å²) in [5, 5.41) is 18.4. The monoisotopic (exact) mass is 1330 g/mol. The van der Waals surface area contributed by atoms with Crippen LogP contribution in [0.15, 0.2) is 164 Å². The number of carboxylic acids is 1. The fourth-order valence-corrected chi connectivity index (χ4v) is 9.91. The number of methoxy groups -OCH3 is 1. The number of ether oxygens (including phenoxy) is 1. The van der Waals surface area contributed by atoms with E-state index in [1.165, 1.54) is 57.6 Å². The molecule has 2 N–H and O–H groups in total. The normalized spacial score (nSPS) is 11.0. The van der Waals surface area contributed by atoms with Crippen molar-refractivity contribution in [2.75, 3.05) is 7.11 Å². The molecule has 0 atom stereocenters. The number of rotatable bonds is 10. The minimum atomic E-state index is -4.24. The number of aryl methyl sites for hydroxylation is 5. The molecule has 0 spiro atoms. The Morgan fingerprint density at radius 1 is 0.415 bits per heavy atom. The molecule has 8 aromatic rings. The first kappa shape index (κ1) is 84.5. The second-order valence-corrected chi connectivity index (χ2v) is 26.0. The van der Waals surface area contributed by atoms with E-state index in [0.29, 0.717) is 52.2 Å². The average molecular weight is 1330 g/mol. The van der Waals surface area contributed by atoms with Gasteiger partial charge < -0.3 is 9.84 Å². The highest BCUT2D eigenvalue weighted by Gasteiger charge is 2.31. The van der Waals surface area contributed by atoms with Crippen molar-refractivity contribution in [3.63, 3.8) is 0 Å². The van der Waals surface area contributed by atoms with Crippen LogP contribution in [-0.2, 0) is 12.4 Å². The van der Waals surface area contributed by atoms with Gasteiger partial charge in [0.1, 0.15) is 17.4 Å². The Bertz CT molecular complexity index is 3310. The number of hydrogen-bond donors (Lipinski definition) is 2. The highest BCUT2D eigenvalue weighted by molar-refractivity contribution is 6.30. The number of carbonyl (C=O) groups is 1. The number of hydrogen-bond acceptors (Lipinski definition) is 3. The summed E-state index contributed by atoms with van der Waals surface area (Å²) in [5.41, 5.74) is 13.4. The number of nitrogens with zero attached hydrogens (tertiary/aromatic N) is 1. The summed E-state index contributed by atoms with van der Waals surface area (Å²) in [5.74, 6) is 3.36. The third-order valence-electron chi connectivity index (χ3n) is 15.1. The predicted octanol–water partition coefficient (Wildman–Crippen LogP) is 25.2. The van der Waals surface area contributed by atoms with Crippen molar-refractivity contribution in [3.8, 4) is 5.75 Å². The van der Waals surface area contributed by atoms with Gasteiger partial charge in [0, 0.05) is 21.4 Å². The Hall–Kier alpha value is -7.51. The van der Waals surface area contributed by atoms with E-state index in [0.717, 1.165) is 55.5 Å². The van der Waals surface area contributed by atoms with Gasteiger partial charge in [-0.1, -0.05) is 177 Å². The van der Waals surface area contributed by atoms with Crippen LogP contribution in [0.4, 0.5) is 35.1 Å². The molecular formula is C80H103ClF8NO4+. The van der Waals surface area contributed by atoms with Gasteiger partial charge in [-0.2, -0.15) is 26.3 Å². The summed E-state index contributed by atoms with van der Waals surface area (Å²) in [7, 11) is 1.68. The molecule has 94 heavy (non-hydrogen) atoms. The molecule has 8 rings (SSSR count). The number of halogens is 9. The summed E-state index contributed by atoms with van der Waals surface area (Å²) in [4.78, 5) is 10.5. The molecule has 5 nitrogen and oxygen atoms in total. The topological polar surface area (TPSA) is 70.6 Å². The fraction of sp³-hybridized carbons (Fsp3) is 0.400. The maximum Gasteiger partial charge on any atom is 0.416 e. The second kappa shape index (κ2) is 40.7. The van der Waals surface area contributed by atoms with Crippen LogP contribution < -0.4 is 9.47 Å². The quantitative estimate of drug-likeness (QED) is 0.0813. The first-order valence-electron chi connectivity index (χ1n) is 31.8. The van der Waals surface area contributed by atoms with Crippen molar-refractivity contribution in [2.45, 2.75) is 205 Å². The van der Waals surface area contributed by atoms with Gasteiger partial charge in [-0.15, -0.1) is 0 Å². The van der Waals surface area contributed by atoms with Gasteiger partial charge in [0.15, 0.2) is 0 Å². The van der Waals surface area contributed by atoms with E-state index in [4.69, 9.17) is 26.7 Å². The van der Waals surface area contributed by atoms with E-state index in [-0.39, 0.29) is 23.5 Å². The standard InChI is InChI=1S/2C11H13F3.C10H13Cl.2C10H13F.C10H12O2.C10H14O.C8H12NO/c2*1-7(2)10-5-4-9(6-8(10)3)11(12,13)14;3*1-7(2)10-5-4-9(11)6-8(10)3;1-7(2)8-3-5-9(6-4-8)10(11)12;1-8(2)9-4-6-10(11-3)7-5-9;1-7(2)8-4-3-5-9(10)6-8/h2*4-7H,1-3H3;3*4-7H,1-3H3;3-7H,1-2H3,(H,11,12);4-8H,1-3H3;3-7,10H,1-2H3/q;;;;;;;+1. The molecular weight excluding hydrogens is 1230 g/mol. The summed E-state index contributed by atoms with van der Waals surface area (Å²) < 4.78 is 105. The van der Waals surface area contributed by atoms with Gasteiger partial charge in [0.25, 0.3) is 0 Å². The highest BCUT2D eigenvalue weighted by atomic mass is 35.5. The zero-order valence-electron chi connectivity index (χ0n) is 59.3. The fourth-order valence-electron chi connectivity index (χ4n) is 9.68. The molecule has 0 aliphatic carbocycles. The van der Waals surface area contributed by atoms with E-state index in [9.17, 15) is 39.9 Å². The lowest BCUT2D eigenvalue weighted by molar-refractivity contribution is -0.905.